The SMILES string of the molecule is COc1cc(OC)c(OC)cc1/C=C/C(=O)N1CC[C@@H]2CCCC[C@H]2C1. The molecular formula is C21H29NO4. The third kappa shape index (κ3) is 3.97. The van der Waals surface area contributed by atoms with Crippen LogP contribution in [0.1, 0.15) is 37.7 Å². The molecule has 0 radical (unpaired) electrons. The third-order valence-corrected chi connectivity index (χ3v) is 5.74. The molecule has 1 heterocycles. The number of fused-ring (bicyclic) bond motifs is 1. The Hall–Kier alpha value is -2.17. The Morgan fingerprint density at radius 1 is 0.962 bits per heavy atom. The monoisotopic (exact) mass is 359 g/mol. The molecular weight excluding hydrogens is 330 g/mol. The summed E-state index contributed by atoms with van der Waals surface area (Å²) in [5.41, 5.74) is 0.797. The van der Waals surface area contributed by atoms with Crippen molar-refractivity contribution in [3.63, 3.8) is 0 Å². The molecule has 2 atom stereocenters. The predicted molar refractivity (Wildman–Crippen MR) is 102 cm³/mol. The van der Waals surface area contributed by atoms with Gasteiger partial charge in [-0.2, -0.15) is 0 Å². The summed E-state index contributed by atoms with van der Waals surface area (Å²) in [6.07, 6.45) is 9.86. The lowest BCUT2D eigenvalue weighted by atomic mass is 9.75. The van der Waals surface area contributed by atoms with E-state index >= 15 is 0 Å². The van der Waals surface area contributed by atoms with Crippen LogP contribution in [0.5, 0.6) is 17.2 Å². The number of carbonyl (C=O) groups excluding carboxylic acids is 1. The number of hydrogen-bond acceptors (Lipinski definition) is 4. The van der Waals surface area contributed by atoms with Gasteiger partial charge in [-0.05, 0) is 36.8 Å². The van der Waals surface area contributed by atoms with E-state index in [2.05, 4.69) is 0 Å². The van der Waals surface area contributed by atoms with E-state index in [1.807, 2.05) is 11.0 Å². The van der Waals surface area contributed by atoms with Crippen LogP contribution in [0.15, 0.2) is 18.2 Å². The van der Waals surface area contributed by atoms with Crippen molar-refractivity contribution < 1.29 is 19.0 Å². The lowest BCUT2D eigenvalue weighted by molar-refractivity contribution is -0.128. The second-order valence-electron chi connectivity index (χ2n) is 7.16. The molecule has 0 unspecified atom stereocenters. The number of amides is 1. The molecule has 142 valence electrons. The molecule has 0 N–H and O–H groups in total. The molecule has 2 fully saturated rings. The average molecular weight is 359 g/mol. The minimum Gasteiger partial charge on any atom is -0.496 e. The first kappa shape index (κ1) is 18.6. The number of likely N-dealkylation sites (tertiary alicyclic amines) is 1. The lowest BCUT2D eigenvalue weighted by Crippen LogP contribution is -2.44. The van der Waals surface area contributed by atoms with Crippen LogP contribution in [0.4, 0.5) is 0 Å². The average Bonchev–Trinajstić information content (AvgIpc) is 2.70. The molecule has 26 heavy (non-hydrogen) atoms. The van der Waals surface area contributed by atoms with Gasteiger partial charge in [0.1, 0.15) is 5.75 Å². The van der Waals surface area contributed by atoms with E-state index in [1.54, 1.807) is 39.5 Å². The van der Waals surface area contributed by atoms with Gasteiger partial charge in [-0.15, -0.1) is 0 Å². The smallest absolute Gasteiger partial charge is 0.246 e. The van der Waals surface area contributed by atoms with E-state index in [0.29, 0.717) is 23.2 Å². The third-order valence-electron chi connectivity index (χ3n) is 5.74. The van der Waals surface area contributed by atoms with Crippen molar-refractivity contribution in [2.24, 2.45) is 11.8 Å². The van der Waals surface area contributed by atoms with Gasteiger partial charge in [-0.25, -0.2) is 0 Å². The van der Waals surface area contributed by atoms with E-state index in [1.165, 1.54) is 25.7 Å². The van der Waals surface area contributed by atoms with Crippen LogP contribution in [-0.4, -0.2) is 45.2 Å². The van der Waals surface area contributed by atoms with Crippen LogP contribution < -0.4 is 14.2 Å². The first-order valence-corrected chi connectivity index (χ1v) is 9.43. The molecule has 5 nitrogen and oxygen atoms in total. The second kappa shape index (κ2) is 8.47. The van der Waals surface area contributed by atoms with Gasteiger partial charge in [0.25, 0.3) is 0 Å². The largest absolute Gasteiger partial charge is 0.496 e. The summed E-state index contributed by atoms with van der Waals surface area (Å²) in [4.78, 5) is 14.7. The molecule has 1 saturated heterocycles. The van der Waals surface area contributed by atoms with Crippen LogP contribution in [0.25, 0.3) is 6.08 Å². The maximum absolute atomic E-state index is 12.7. The molecule has 0 bridgehead atoms. The number of hydrogen-bond donors (Lipinski definition) is 0. The number of benzene rings is 1. The number of nitrogens with zero attached hydrogens (tertiary/aromatic N) is 1. The Morgan fingerprint density at radius 2 is 1.62 bits per heavy atom. The van der Waals surface area contributed by atoms with Gasteiger partial charge < -0.3 is 19.1 Å². The summed E-state index contributed by atoms with van der Waals surface area (Å²) in [6.45, 7) is 1.77. The molecule has 2 aliphatic rings. The molecule has 1 amide bonds. The highest BCUT2D eigenvalue weighted by molar-refractivity contribution is 5.92. The van der Waals surface area contributed by atoms with Crippen molar-refractivity contribution in [1.82, 2.24) is 4.90 Å². The van der Waals surface area contributed by atoms with Crippen molar-refractivity contribution in [2.45, 2.75) is 32.1 Å². The first-order valence-electron chi connectivity index (χ1n) is 9.43. The molecule has 1 saturated carbocycles. The molecule has 5 heteroatoms. The fourth-order valence-corrected chi connectivity index (χ4v) is 4.25. The van der Waals surface area contributed by atoms with Crippen LogP contribution in [0, 0.1) is 11.8 Å². The Bertz CT molecular complexity index is 670. The highest BCUT2D eigenvalue weighted by Gasteiger charge is 2.32. The summed E-state index contributed by atoms with van der Waals surface area (Å²) in [7, 11) is 4.79. The molecule has 0 aromatic heterocycles. The fraction of sp³-hybridized carbons (Fsp3) is 0.571. The molecule has 0 spiro atoms. The predicted octanol–water partition coefficient (Wildman–Crippen LogP) is 3.76. The normalized spacial score (nSPS) is 22.8. The Kier molecular flexibility index (Phi) is 6.07. The van der Waals surface area contributed by atoms with Crippen molar-refractivity contribution in [1.29, 1.82) is 0 Å². The molecule has 1 aromatic rings. The zero-order valence-electron chi connectivity index (χ0n) is 16.0. The van der Waals surface area contributed by atoms with Gasteiger partial charge in [0.2, 0.25) is 5.91 Å². The zero-order valence-corrected chi connectivity index (χ0v) is 16.0. The van der Waals surface area contributed by atoms with E-state index in [-0.39, 0.29) is 5.91 Å². The Balaban J connectivity index is 1.71. The van der Waals surface area contributed by atoms with Gasteiger partial charge in [-0.1, -0.05) is 19.3 Å². The quantitative estimate of drug-likeness (QED) is 0.751. The lowest BCUT2D eigenvalue weighted by Gasteiger charge is -2.41. The summed E-state index contributed by atoms with van der Waals surface area (Å²) in [5, 5.41) is 0. The van der Waals surface area contributed by atoms with E-state index in [4.69, 9.17) is 14.2 Å². The van der Waals surface area contributed by atoms with Gasteiger partial charge in [0.05, 0.1) is 21.3 Å². The van der Waals surface area contributed by atoms with E-state index in [9.17, 15) is 4.79 Å². The maximum Gasteiger partial charge on any atom is 0.246 e. The van der Waals surface area contributed by atoms with Gasteiger partial charge in [-0.3, -0.25) is 4.79 Å². The minimum atomic E-state index is 0.0749. The molecule has 3 rings (SSSR count). The number of ether oxygens (including phenoxy) is 3. The number of carbonyl (C=O) groups is 1. The van der Waals surface area contributed by atoms with Crippen molar-refractivity contribution in [2.75, 3.05) is 34.4 Å². The van der Waals surface area contributed by atoms with E-state index in [0.717, 1.165) is 31.0 Å². The number of rotatable bonds is 5. The van der Waals surface area contributed by atoms with Gasteiger partial charge >= 0.3 is 0 Å². The summed E-state index contributed by atoms with van der Waals surface area (Å²) >= 11 is 0. The number of methoxy groups -OCH3 is 3. The molecule has 1 aliphatic heterocycles. The van der Waals surface area contributed by atoms with Gasteiger partial charge in [0, 0.05) is 30.8 Å². The van der Waals surface area contributed by atoms with Crippen LogP contribution in [-0.2, 0) is 4.79 Å². The van der Waals surface area contributed by atoms with Crippen LogP contribution in [0.2, 0.25) is 0 Å². The zero-order chi connectivity index (χ0) is 18.5. The first-order chi connectivity index (χ1) is 12.7. The van der Waals surface area contributed by atoms with Crippen LogP contribution in [0.3, 0.4) is 0 Å². The minimum absolute atomic E-state index is 0.0749. The van der Waals surface area contributed by atoms with Crippen molar-refractivity contribution >= 4 is 12.0 Å². The number of piperidine rings is 1. The van der Waals surface area contributed by atoms with Gasteiger partial charge in [0.15, 0.2) is 11.5 Å². The summed E-state index contributed by atoms with van der Waals surface area (Å²) in [6, 6.07) is 3.60. The highest BCUT2D eigenvalue weighted by Crippen LogP contribution is 2.37. The standard InChI is InChI=1S/C21H29NO4/c1-24-18-13-20(26-3)19(25-2)12-16(18)8-9-21(23)22-11-10-15-6-4-5-7-17(15)14-22/h8-9,12-13,15,17H,4-7,10-11,14H2,1-3H3/b9-8+/t15-,17-/m0/s1. The van der Waals surface area contributed by atoms with Crippen molar-refractivity contribution in [3.8, 4) is 17.2 Å². The fourth-order valence-electron chi connectivity index (χ4n) is 4.25. The second-order valence-corrected chi connectivity index (χ2v) is 7.16. The summed E-state index contributed by atoms with van der Waals surface area (Å²) in [5.74, 6) is 3.45. The molecule has 1 aliphatic carbocycles. The molecule has 1 aromatic carbocycles. The topological polar surface area (TPSA) is 48.0 Å². The highest BCUT2D eigenvalue weighted by atomic mass is 16.5. The Labute approximate surface area is 155 Å². The van der Waals surface area contributed by atoms with Crippen LogP contribution >= 0.6 is 0 Å². The van der Waals surface area contributed by atoms with E-state index < -0.39 is 0 Å². The Morgan fingerprint density at radius 3 is 2.31 bits per heavy atom. The summed E-state index contributed by atoms with van der Waals surface area (Å²) < 4.78 is 16.1. The van der Waals surface area contributed by atoms with Crippen molar-refractivity contribution in [3.05, 3.63) is 23.8 Å². The maximum atomic E-state index is 12.7.